The van der Waals surface area contributed by atoms with Crippen LogP contribution in [0.1, 0.15) is 11.1 Å². The van der Waals surface area contributed by atoms with Crippen LogP contribution in [-0.4, -0.2) is 7.11 Å². The minimum absolute atomic E-state index is 0.282. The number of halogens is 2. The van der Waals surface area contributed by atoms with Gasteiger partial charge in [-0.2, -0.15) is 0 Å². The Morgan fingerprint density at radius 3 is 2.42 bits per heavy atom. The molecule has 0 atom stereocenters. The highest BCUT2D eigenvalue weighted by atomic mass is 79.9. The summed E-state index contributed by atoms with van der Waals surface area (Å²) in [6, 6.07) is 1.38. The standard InChI is InChI=1S/C9H10BrFO/c1-5-6(2)9(10)7(11)4-8(5)12-3/h4H,1-3H3. The number of benzene rings is 1. The van der Waals surface area contributed by atoms with Crippen molar-refractivity contribution in [2.75, 3.05) is 7.11 Å². The minimum atomic E-state index is -0.282. The summed E-state index contributed by atoms with van der Waals surface area (Å²) in [6.45, 7) is 3.75. The second-order valence-electron chi connectivity index (χ2n) is 2.62. The van der Waals surface area contributed by atoms with Gasteiger partial charge < -0.3 is 4.74 Å². The Morgan fingerprint density at radius 2 is 1.92 bits per heavy atom. The average Bonchev–Trinajstić information content (AvgIpc) is 2.08. The molecule has 0 aromatic heterocycles. The SMILES string of the molecule is COc1cc(F)c(Br)c(C)c1C. The summed E-state index contributed by atoms with van der Waals surface area (Å²) in [5.74, 6) is 0.308. The number of methoxy groups -OCH3 is 1. The van der Waals surface area contributed by atoms with E-state index >= 15 is 0 Å². The third kappa shape index (κ3) is 1.46. The lowest BCUT2D eigenvalue weighted by molar-refractivity contribution is 0.407. The van der Waals surface area contributed by atoms with E-state index in [1.54, 1.807) is 0 Å². The lowest BCUT2D eigenvalue weighted by atomic mass is 10.1. The van der Waals surface area contributed by atoms with Crippen molar-refractivity contribution in [3.8, 4) is 5.75 Å². The molecule has 12 heavy (non-hydrogen) atoms. The molecule has 0 radical (unpaired) electrons. The van der Waals surface area contributed by atoms with E-state index in [9.17, 15) is 4.39 Å². The number of rotatable bonds is 1. The third-order valence-electron chi connectivity index (χ3n) is 1.95. The van der Waals surface area contributed by atoms with Crippen molar-refractivity contribution < 1.29 is 9.13 Å². The van der Waals surface area contributed by atoms with E-state index < -0.39 is 0 Å². The lowest BCUT2D eigenvalue weighted by Crippen LogP contribution is -1.93. The van der Waals surface area contributed by atoms with Gasteiger partial charge in [0.05, 0.1) is 11.6 Å². The molecule has 0 aliphatic carbocycles. The van der Waals surface area contributed by atoms with Gasteiger partial charge in [-0.25, -0.2) is 4.39 Å². The van der Waals surface area contributed by atoms with Crippen LogP contribution >= 0.6 is 15.9 Å². The van der Waals surface area contributed by atoms with E-state index in [1.165, 1.54) is 13.2 Å². The van der Waals surface area contributed by atoms with Gasteiger partial charge in [0.1, 0.15) is 11.6 Å². The maximum absolute atomic E-state index is 13.1. The summed E-state index contributed by atoms with van der Waals surface area (Å²) < 4.78 is 18.6. The number of hydrogen-bond donors (Lipinski definition) is 0. The van der Waals surface area contributed by atoms with Crippen molar-refractivity contribution in [3.05, 3.63) is 27.5 Å². The van der Waals surface area contributed by atoms with Crippen molar-refractivity contribution >= 4 is 15.9 Å². The number of ether oxygens (including phenoxy) is 1. The molecule has 0 unspecified atom stereocenters. The van der Waals surface area contributed by atoms with Crippen molar-refractivity contribution in [1.82, 2.24) is 0 Å². The molecule has 3 heteroatoms. The zero-order chi connectivity index (χ0) is 9.30. The Bertz CT molecular complexity index is 310. The van der Waals surface area contributed by atoms with Gasteiger partial charge in [-0.15, -0.1) is 0 Å². The molecular weight excluding hydrogens is 223 g/mol. The second kappa shape index (κ2) is 3.44. The van der Waals surface area contributed by atoms with E-state index in [0.717, 1.165) is 11.1 Å². The fraction of sp³-hybridized carbons (Fsp3) is 0.333. The van der Waals surface area contributed by atoms with Crippen LogP contribution in [0, 0.1) is 19.7 Å². The second-order valence-corrected chi connectivity index (χ2v) is 3.42. The fourth-order valence-electron chi connectivity index (χ4n) is 1.03. The van der Waals surface area contributed by atoms with Crippen molar-refractivity contribution in [1.29, 1.82) is 0 Å². The van der Waals surface area contributed by atoms with Gasteiger partial charge >= 0.3 is 0 Å². The summed E-state index contributed by atoms with van der Waals surface area (Å²) in [6.07, 6.45) is 0. The molecule has 1 rings (SSSR count). The Morgan fingerprint density at radius 1 is 1.33 bits per heavy atom. The fourth-order valence-corrected chi connectivity index (χ4v) is 1.44. The monoisotopic (exact) mass is 232 g/mol. The highest BCUT2D eigenvalue weighted by Gasteiger charge is 2.09. The maximum atomic E-state index is 13.1. The van der Waals surface area contributed by atoms with Crippen LogP contribution in [0.2, 0.25) is 0 Å². The molecule has 0 heterocycles. The van der Waals surface area contributed by atoms with Crippen LogP contribution < -0.4 is 4.74 Å². The van der Waals surface area contributed by atoms with Crippen molar-refractivity contribution in [2.24, 2.45) is 0 Å². The van der Waals surface area contributed by atoms with Gasteiger partial charge in [-0.1, -0.05) is 0 Å². The quantitative estimate of drug-likeness (QED) is 0.723. The van der Waals surface area contributed by atoms with Gasteiger partial charge in [0.2, 0.25) is 0 Å². The highest BCUT2D eigenvalue weighted by Crippen LogP contribution is 2.30. The van der Waals surface area contributed by atoms with Crippen LogP contribution in [0.4, 0.5) is 4.39 Å². The maximum Gasteiger partial charge on any atom is 0.141 e. The van der Waals surface area contributed by atoms with E-state index in [-0.39, 0.29) is 5.82 Å². The topological polar surface area (TPSA) is 9.23 Å². The largest absolute Gasteiger partial charge is 0.496 e. The van der Waals surface area contributed by atoms with Crippen LogP contribution in [-0.2, 0) is 0 Å². The molecule has 1 nitrogen and oxygen atoms in total. The molecule has 0 aliphatic rings. The zero-order valence-electron chi connectivity index (χ0n) is 7.24. The van der Waals surface area contributed by atoms with E-state index in [0.29, 0.717) is 10.2 Å². The van der Waals surface area contributed by atoms with Crippen LogP contribution in [0.5, 0.6) is 5.75 Å². The summed E-state index contributed by atoms with van der Waals surface area (Å²) in [5, 5.41) is 0. The first-order valence-electron chi connectivity index (χ1n) is 3.57. The van der Waals surface area contributed by atoms with E-state index in [1.807, 2.05) is 13.8 Å². The van der Waals surface area contributed by atoms with Gasteiger partial charge in [0.15, 0.2) is 0 Å². The average molecular weight is 233 g/mol. The van der Waals surface area contributed by atoms with E-state index in [2.05, 4.69) is 15.9 Å². The van der Waals surface area contributed by atoms with Gasteiger partial charge in [0.25, 0.3) is 0 Å². The predicted molar refractivity (Wildman–Crippen MR) is 50.1 cm³/mol. The summed E-state index contributed by atoms with van der Waals surface area (Å²) >= 11 is 3.16. The zero-order valence-corrected chi connectivity index (χ0v) is 8.83. The molecule has 0 aliphatic heterocycles. The van der Waals surface area contributed by atoms with Crippen molar-refractivity contribution in [2.45, 2.75) is 13.8 Å². The Kier molecular flexibility index (Phi) is 2.73. The van der Waals surface area contributed by atoms with Crippen molar-refractivity contribution in [3.63, 3.8) is 0 Å². The molecule has 0 N–H and O–H groups in total. The molecule has 0 saturated heterocycles. The third-order valence-corrected chi connectivity index (χ3v) is 2.92. The Hall–Kier alpha value is -0.570. The molecule has 0 spiro atoms. The first-order valence-corrected chi connectivity index (χ1v) is 4.36. The molecule has 0 amide bonds. The lowest BCUT2D eigenvalue weighted by Gasteiger charge is -2.09. The first-order chi connectivity index (χ1) is 5.57. The van der Waals surface area contributed by atoms with Gasteiger partial charge in [0, 0.05) is 6.07 Å². The molecule has 66 valence electrons. The van der Waals surface area contributed by atoms with Gasteiger partial charge in [-0.05, 0) is 40.9 Å². The Balaban J connectivity index is 3.39. The molecule has 1 aromatic carbocycles. The molecule has 0 fully saturated rings. The van der Waals surface area contributed by atoms with Crippen LogP contribution in [0.25, 0.3) is 0 Å². The van der Waals surface area contributed by atoms with Crippen LogP contribution in [0.3, 0.4) is 0 Å². The minimum Gasteiger partial charge on any atom is -0.496 e. The smallest absolute Gasteiger partial charge is 0.141 e. The summed E-state index contributed by atoms with van der Waals surface area (Å²) in [5.41, 5.74) is 1.85. The number of hydrogen-bond acceptors (Lipinski definition) is 1. The summed E-state index contributed by atoms with van der Waals surface area (Å²) in [4.78, 5) is 0. The van der Waals surface area contributed by atoms with Crippen LogP contribution in [0.15, 0.2) is 10.5 Å². The molecule has 1 aromatic rings. The first kappa shape index (κ1) is 9.52. The molecule has 0 bridgehead atoms. The predicted octanol–water partition coefficient (Wildman–Crippen LogP) is 3.21. The van der Waals surface area contributed by atoms with Gasteiger partial charge in [-0.3, -0.25) is 0 Å². The Labute approximate surface area is 79.7 Å². The molecular formula is C9H10BrFO. The summed E-state index contributed by atoms with van der Waals surface area (Å²) in [7, 11) is 1.54. The highest BCUT2D eigenvalue weighted by molar-refractivity contribution is 9.10. The normalized spacial score (nSPS) is 10.1. The van der Waals surface area contributed by atoms with E-state index in [4.69, 9.17) is 4.74 Å². The molecule has 0 saturated carbocycles.